The van der Waals surface area contributed by atoms with E-state index in [1.807, 2.05) is 54.6 Å². The summed E-state index contributed by atoms with van der Waals surface area (Å²) in [6, 6.07) is 17.2. The normalized spacial score (nSPS) is 13.3. The van der Waals surface area contributed by atoms with Crippen LogP contribution in [0.5, 0.6) is 5.75 Å². The maximum Gasteiger partial charge on any atom is 0.267 e. The fraction of sp³-hybridized carbons (Fsp3) is 0.250. The number of hydrogen-bond donors (Lipinski definition) is 0. The lowest BCUT2D eigenvalue weighted by Crippen LogP contribution is -2.22. The molecule has 2 aromatic heterocycles. The Bertz CT molecular complexity index is 1280. The zero-order chi connectivity index (χ0) is 21.2. The van der Waals surface area contributed by atoms with Gasteiger partial charge >= 0.3 is 0 Å². The van der Waals surface area contributed by atoms with Gasteiger partial charge in [0, 0.05) is 10.6 Å². The number of hydrogen-bond acceptors (Lipinski definition) is 5. The van der Waals surface area contributed by atoms with Gasteiger partial charge in [0.1, 0.15) is 10.6 Å². The van der Waals surface area contributed by atoms with Crippen LogP contribution in [0.3, 0.4) is 0 Å². The highest BCUT2D eigenvalue weighted by Crippen LogP contribution is 2.35. The van der Waals surface area contributed by atoms with Crippen LogP contribution >= 0.6 is 34.7 Å². The Morgan fingerprint density at radius 3 is 2.68 bits per heavy atom. The zero-order valence-corrected chi connectivity index (χ0v) is 19.2. The average Bonchev–Trinajstić information content (AvgIpc) is 3.17. The summed E-state index contributed by atoms with van der Waals surface area (Å²) in [5.74, 6) is 1.32. The molecule has 0 bridgehead atoms. The Kier molecular flexibility index (Phi) is 6.03. The minimum absolute atomic E-state index is 0.0325. The molecule has 4 nitrogen and oxygen atoms in total. The van der Waals surface area contributed by atoms with Crippen LogP contribution in [0.1, 0.15) is 23.3 Å². The van der Waals surface area contributed by atoms with E-state index in [9.17, 15) is 4.79 Å². The summed E-state index contributed by atoms with van der Waals surface area (Å²) in [7, 11) is 0. The first-order valence-corrected chi connectivity index (χ1v) is 12.5. The van der Waals surface area contributed by atoms with E-state index in [2.05, 4.69) is 0 Å². The number of fused-ring (bicyclic) bond motifs is 3. The smallest absolute Gasteiger partial charge is 0.267 e. The number of nitrogens with zero attached hydrogens (tertiary/aromatic N) is 2. The Morgan fingerprint density at radius 2 is 1.84 bits per heavy atom. The summed E-state index contributed by atoms with van der Waals surface area (Å²) in [6.45, 7) is 0.470. The number of aryl methyl sites for hydroxylation is 2. The minimum Gasteiger partial charge on any atom is -0.491 e. The molecule has 4 aromatic rings. The van der Waals surface area contributed by atoms with Crippen molar-refractivity contribution in [1.82, 2.24) is 9.55 Å². The molecule has 0 amide bonds. The van der Waals surface area contributed by atoms with E-state index in [-0.39, 0.29) is 5.56 Å². The molecule has 0 fully saturated rings. The van der Waals surface area contributed by atoms with Crippen LogP contribution in [-0.4, -0.2) is 21.9 Å². The summed E-state index contributed by atoms with van der Waals surface area (Å²) in [5.41, 5.74) is 2.09. The molecule has 0 radical (unpaired) electrons. The van der Waals surface area contributed by atoms with E-state index in [1.165, 1.54) is 28.6 Å². The molecule has 158 valence electrons. The number of para-hydroxylation sites is 2. The number of ether oxygens (including phenoxy) is 1. The van der Waals surface area contributed by atoms with Gasteiger partial charge in [-0.2, -0.15) is 0 Å². The van der Waals surface area contributed by atoms with Crippen molar-refractivity contribution in [2.75, 3.05) is 12.4 Å². The molecule has 0 unspecified atom stereocenters. The van der Waals surface area contributed by atoms with Crippen LogP contribution < -0.4 is 10.3 Å². The highest BCUT2D eigenvalue weighted by atomic mass is 35.5. The Balaban J connectivity index is 1.49. The van der Waals surface area contributed by atoms with E-state index in [0.29, 0.717) is 28.3 Å². The monoisotopic (exact) mass is 468 g/mol. The third kappa shape index (κ3) is 4.12. The van der Waals surface area contributed by atoms with Crippen LogP contribution in [0.25, 0.3) is 15.9 Å². The van der Waals surface area contributed by atoms with Gasteiger partial charge in [-0.3, -0.25) is 9.36 Å². The summed E-state index contributed by atoms with van der Waals surface area (Å²) < 4.78 is 7.58. The van der Waals surface area contributed by atoms with E-state index in [1.54, 1.807) is 15.9 Å². The van der Waals surface area contributed by atoms with Crippen LogP contribution in [0.15, 0.2) is 64.5 Å². The number of aromatic nitrogens is 2. The second-order valence-electron chi connectivity index (χ2n) is 7.39. The number of thiophene rings is 1. The number of halogens is 1. The summed E-state index contributed by atoms with van der Waals surface area (Å²) in [6.07, 6.45) is 4.35. The average molecular weight is 469 g/mol. The van der Waals surface area contributed by atoms with Crippen molar-refractivity contribution in [1.29, 1.82) is 0 Å². The van der Waals surface area contributed by atoms with Gasteiger partial charge < -0.3 is 4.74 Å². The van der Waals surface area contributed by atoms with Crippen LogP contribution in [0.2, 0.25) is 5.02 Å². The van der Waals surface area contributed by atoms with E-state index in [4.69, 9.17) is 21.3 Å². The van der Waals surface area contributed by atoms with E-state index < -0.39 is 0 Å². The first-order valence-electron chi connectivity index (χ1n) is 10.4. The molecule has 0 N–H and O–H groups in total. The first-order chi connectivity index (χ1) is 15.2. The molecule has 7 heteroatoms. The lowest BCUT2D eigenvalue weighted by atomic mass is 9.97. The molecule has 0 aliphatic heterocycles. The second-order valence-corrected chi connectivity index (χ2v) is 9.94. The predicted octanol–water partition coefficient (Wildman–Crippen LogP) is 6.15. The van der Waals surface area contributed by atoms with Gasteiger partial charge in [0.05, 0.1) is 22.7 Å². The molecule has 0 saturated carbocycles. The summed E-state index contributed by atoms with van der Waals surface area (Å²) in [4.78, 5) is 20.8. The molecule has 0 saturated heterocycles. The molecule has 0 spiro atoms. The molecule has 2 heterocycles. The molecule has 1 aliphatic rings. The second kappa shape index (κ2) is 9.07. The quantitative estimate of drug-likeness (QED) is 0.193. The lowest BCUT2D eigenvalue weighted by Gasteiger charge is -2.14. The van der Waals surface area contributed by atoms with Crippen LogP contribution in [0, 0.1) is 0 Å². The van der Waals surface area contributed by atoms with E-state index >= 15 is 0 Å². The summed E-state index contributed by atoms with van der Waals surface area (Å²) in [5, 5.41) is 2.10. The minimum atomic E-state index is 0.0325. The van der Waals surface area contributed by atoms with Gasteiger partial charge in [-0.1, -0.05) is 53.7 Å². The van der Waals surface area contributed by atoms with Crippen molar-refractivity contribution in [2.45, 2.75) is 30.8 Å². The number of thioether (sulfide) groups is 1. The Morgan fingerprint density at radius 1 is 1.06 bits per heavy atom. The van der Waals surface area contributed by atoms with Crippen LogP contribution in [0.4, 0.5) is 0 Å². The third-order valence-corrected chi connectivity index (χ3v) is 7.78. The van der Waals surface area contributed by atoms with Crippen LogP contribution in [-0.2, 0) is 12.8 Å². The molecule has 5 rings (SSSR count). The van der Waals surface area contributed by atoms with Gasteiger partial charge in [0.15, 0.2) is 5.16 Å². The van der Waals surface area contributed by atoms with Gasteiger partial charge in [-0.25, -0.2) is 4.98 Å². The van der Waals surface area contributed by atoms with Gasteiger partial charge in [-0.05, 0) is 55.5 Å². The Labute approximate surface area is 193 Å². The molecular weight excluding hydrogens is 448 g/mol. The van der Waals surface area contributed by atoms with Gasteiger partial charge in [-0.15, -0.1) is 11.3 Å². The van der Waals surface area contributed by atoms with Gasteiger partial charge in [0.2, 0.25) is 0 Å². The maximum atomic E-state index is 13.6. The molecule has 1 aliphatic carbocycles. The topological polar surface area (TPSA) is 44.1 Å². The van der Waals surface area contributed by atoms with Crippen molar-refractivity contribution >= 4 is 44.9 Å². The largest absolute Gasteiger partial charge is 0.491 e. The highest BCUT2D eigenvalue weighted by Gasteiger charge is 2.22. The SMILES string of the molecule is O=c1c2c3c(sc2nc(SCCOc2ccccc2Cl)n1-c1ccccc1)CCCC3. The van der Waals surface area contributed by atoms with Crippen molar-refractivity contribution in [3.63, 3.8) is 0 Å². The molecule has 0 atom stereocenters. The first kappa shape index (κ1) is 20.6. The molecular formula is C24H21ClN2O2S2. The third-order valence-electron chi connectivity index (χ3n) is 5.38. The molecule has 2 aromatic carbocycles. The number of benzene rings is 2. The van der Waals surface area contributed by atoms with Crippen molar-refractivity contribution in [3.8, 4) is 11.4 Å². The fourth-order valence-corrected chi connectivity index (χ4v) is 6.26. The van der Waals surface area contributed by atoms with Crippen molar-refractivity contribution in [2.24, 2.45) is 0 Å². The van der Waals surface area contributed by atoms with E-state index in [0.717, 1.165) is 35.2 Å². The predicted molar refractivity (Wildman–Crippen MR) is 130 cm³/mol. The molecule has 31 heavy (non-hydrogen) atoms. The van der Waals surface area contributed by atoms with Gasteiger partial charge in [0.25, 0.3) is 5.56 Å². The standard InChI is InChI=1S/C24H21ClN2O2S2/c25-18-11-5-6-12-19(18)29-14-15-30-24-26-22-21(17-10-4-7-13-20(17)31-22)23(28)27(24)16-8-2-1-3-9-16/h1-3,5-6,8-9,11-12H,4,7,10,13-15H2. The maximum absolute atomic E-state index is 13.6. The van der Waals surface area contributed by atoms with Crippen molar-refractivity contribution < 1.29 is 4.74 Å². The van der Waals surface area contributed by atoms with Crippen molar-refractivity contribution in [3.05, 3.63) is 80.4 Å². The zero-order valence-electron chi connectivity index (χ0n) is 16.8. The fourth-order valence-electron chi connectivity index (χ4n) is 3.93. The Hall–Kier alpha value is -2.28. The number of rotatable bonds is 6. The highest BCUT2D eigenvalue weighted by molar-refractivity contribution is 7.99. The lowest BCUT2D eigenvalue weighted by molar-refractivity contribution is 0.344. The summed E-state index contributed by atoms with van der Waals surface area (Å²) >= 11 is 9.39.